The number of carboxylic acids is 2. The Hall–Kier alpha value is -0.648. The quantitative estimate of drug-likeness (QED) is 0.341. The summed E-state index contributed by atoms with van der Waals surface area (Å²) in [5.74, 6) is -2.37. The summed E-state index contributed by atoms with van der Waals surface area (Å²) in [4.78, 5) is 18.9. The summed E-state index contributed by atoms with van der Waals surface area (Å²) in [5.41, 5.74) is 0. The molecular formula is C6H13AlO7. The molecule has 2 unspecified atom stereocenters. The number of aliphatic hydroxyl groups is 2. The minimum absolute atomic E-state index is 1.19. The second-order valence-corrected chi connectivity index (χ2v) is 2.03. The average Bonchev–Trinajstić information content (AvgIpc) is 2.08. The van der Waals surface area contributed by atoms with E-state index in [1.165, 1.54) is 30.5 Å². The number of carbonyl (C=O) groups is 2. The lowest BCUT2D eigenvalue weighted by molar-refractivity contribution is -0.146. The number of carboxylic acid groups (broad SMARTS) is 2. The molecule has 0 aromatic carbocycles. The second-order valence-electron chi connectivity index (χ2n) is 2.03. The molecule has 0 aromatic heterocycles. The van der Waals surface area contributed by atoms with Crippen LogP contribution < -0.4 is 0 Å². The Morgan fingerprint density at radius 2 is 1.00 bits per heavy atom. The Labute approximate surface area is 89.4 Å². The van der Waals surface area contributed by atoms with Crippen molar-refractivity contribution in [1.82, 2.24) is 0 Å². The normalized spacial score (nSPS) is 12.1. The van der Waals surface area contributed by atoms with Crippen LogP contribution in [-0.4, -0.2) is 65.4 Å². The highest BCUT2D eigenvalue weighted by molar-refractivity contribution is 5.95. The summed E-state index contributed by atoms with van der Waals surface area (Å²) in [5, 5.41) is 31.5. The van der Waals surface area contributed by atoms with E-state index in [4.69, 9.17) is 24.6 Å². The maximum atomic E-state index is 9.45. The molecule has 0 saturated carbocycles. The van der Waals surface area contributed by atoms with Crippen molar-refractivity contribution >= 4 is 28.6 Å². The highest BCUT2D eigenvalue weighted by atomic mass is 27.1. The molecule has 7 nitrogen and oxygen atoms in total. The number of aliphatic hydroxyl groups excluding tert-OH is 2. The van der Waals surface area contributed by atoms with Crippen molar-refractivity contribution in [1.29, 1.82) is 0 Å². The summed E-state index contributed by atoms with van der Waals surface area (Å²) in [7, 11) is 0. The Bertz CT molecular complexity index is 138. The van der Waals surface area contributed by atoms with Crippen molar-refractivity contribution in [3.05, 3.63) is 0 Å². The lowest BCUT2D eigenvalue weighted by Gasteiger charge is -1.89. The molecule has 8 heteroatoms. The van der Waals surface area contributed by atoms with E-state index in [9.17, 15) is 9.59 Å². The van der Waals surface area contributed by atoms with Crippen LogP contribution in [0.2, 0.25) is 0 Å². The van der Waals surface area contributed by atoms with Gasteiger partial charge in [-0.2, -0.15) is 0 Å². The summed E-state index contributed by atoms with van der Waals surface area (Å²) in [6.45, 7) is 2.39. The van der Waals surface area contributed by atoms with Gasteiger partial charge < -0.3 is 24.6 Å². The van der Waals surface area contributed by atoms with Crippen molar-refractivity contribution in [2.24, 2.45) is 0 Å². The summed E-state index contributed by atoms with van der Waals surface area (Å²) in [6.07, 6.45) is -2.46. The molecule has 0 spiro atoms. The molecule has 0 saturated heterocycles. The van der Waals surface area contributed by atoms with Crippen molar-refractivity contribution < 1.29 is 34.2 Å². The molecule has 2 radical (unpaired) electrons. The van der Waals surface area contributed by atoms with Gasteiger partial charge in [-0.05, 0) is 13.8 Å². The maximum Gasteiger partial charge on any atom is 0.363 e. The summed E-state index contributed by atoms with van der Waals surface area (Å²) >= 11 is 1.42. The molecule has 0 rings (SSSR count). The topological polar surface area (TPSA) is 135 Å². The lowest BCUT2D eigenvalue weighted by Crippen LogP contribution is -2.13. The molecule has 82 valence electrons. The van der Waals surface area contributed by atoms with Gasteiger partial charge in [-0.15, -0.1) is 0 Å². The van der Waals surface area contributed by atoms with Gasteiger partial charge in [0, 0.05) is 0 Å². The van der Waals surface area contributed by atoms with Gasteiger partial charge in [0.25, 0.3) is 0 Å². The van der Waals surface area contributed by atoms with Crippen LogP contribution in [0.3, 0.4) is 0 Å². The zero-order chi connectivity index (χ0) is 12.3. The van der Waals surface area contributed by atoms with Crippen LogP contribution in [0.1, 0.15) is 13.8 Å². The minimum Gasteiger partial charge on any atom is -0.529 e. The second kappa shape index (κ2) is 12.4. The SMILES string of the molecule is CC(O)C(=O)O.CC(O)C(=O)O.[OH][Al]. The number of hydrogen-bond donors (Lipinski definition) is 5. The first kappa shape index (κ1) is 19.0. The summed E-state index contributed by atoms with van der Waals surface area (Å²) < 4.78 is 6.92. The Kier molecular flexibility index (Phi) is 16.8. The first-order valence-electron chi connectivity index (χ1n) is 3.36. The van der Waals surface area contributed by atoms with Crippen LogP contribution in [0.15, 0.2) is 0 Å². The largest absolute Gasteiger partial charge is 0.529 e. The standard InChI is InChI=1S/2C3H6O3.Al.H2O/c2*1-2(4)3(5)6;;/h2*2,4H,1H3,(H,5,6);;1H2/q;;+1;/p-1. The molecule has 0 aliphatic rings. The highest BCUT2D eigenvalue weighted by Crippen LogP contribution is 1.73. The molecule has 5 N–H and O–H groups in total. The molecule has 0 heterocycles. The Morgan fingerprint density at radius 1 is 0.929 bits per heavy atom. The van der Waals surface area contributed by atoms with E-state index >= 15 is 0 Å². The molecule has 0 aliphatic carbocycles. The summed E-state index contributed by atoms with van der Waals surface area (Å²) in [6, 6.07) is 0. The van der Waals surface area contributed by atoms with Crippen molar-refractivity contribution in [3.8, 4) is 0 Å². The number of aliphatic carboxylic acids is 2. The van der Waals surface area contributed by atoms with Crippen LogP contribution in [0, 0.1) is 0 Å². The average molecular weight is 224 g/mol. The number of rotatable bonds is 2. The van der Waals surface area contributed by atoms with Gasteiger partial charge in [-0.3, -0.25) is 0 Å². The van der Waals surface area contributed by atoms with Crippen LogP contribution in [-0.2, 0) is 9.59 Å². The maximum absolute atomic E-state index is 9.45. The van der Waals surface area contributed by atoms with Crippen LogP contribution in [0.4, 0.5) is 0 Å². The van der Waals surface area contributed by atoms with Gasteiger partial charge in [0.05, 0.1) is 0 Å². The fraction of sp³-hybridized carbons (Fsp3) is 0.667. The van der Waals surface area contributed by atoms with E-state index in [-0.39, 0.29) is 0 Å². The molecule has 0 aliphatic heterocycles. The van der Waals surface area contributed by atoms with E-state index in [0.717, 1.165) is 0 Å². The molecule has 0 amide bonds. The smallest absolute Gasteiger partial charge is 0.363 e. The molecule has 14 heavy (non-hydrogen) atoms. The van der Waals surface area contributed by atoms with Gasteiger partial charge in [-0.1, -0.05) is 0 Å². The molecule has 0 aromatic rings. The monoisotopic (exact) mass is 224 g/mol. The highest BCUT2D eigenvalue weighted by Gasteiger charge is 2.01. The van der Waals surface area contributed by atoms with Crippen molar-refractivity contribution in [2.75, 3.05) is 0 Å². The fourth-order valence-electron chi connectivity index (χ4n) is 0. The first-order valence-corrected chi connectivity index (χ1v) is 3.88. The van der Waals surface area contributed by atoms with Crippen LogP contribution in [0.5, 0.6) is 0 Å². The molecule has 0 fully saturated rings. The lowest BCUT2D eigenvalue weighted by atomic mass is 10.4. The van der Waals surface area contributed by atoms with Gasteiger partial charge in [0.2, 0.25) is 0 Å². The predicted octanol–water partition coefficient (Wildman–Crippen LogP) is -2.03. The van der Waals surface area contributed by atoms with E-state index in [2.05, 4.69) is 0 Å². The zero-order valence-corrected chi connectivity index (χ0v) is 8.94. The Balaban J connectivity index is -0.000000147. The molecule has 2 atom stereocenters. The fourth-order valence-corrected chi connectivity index (χ4v) is 0. The first-order chi connectivity index (χ1) is 6.29. The van der Waals surface area contributed by atoms with Gasteiger partial charge in [0.15, 0.2) is 0 Å². The van der Waals surface area contributed by atoms with Crippen LogP contribution in [0.25, 0.3) is 0 Å². The van der Waals surface area contributed by atoms with Gasteiger partial charge in [-0.25, -0.2) is 9.59 Å². The van der Waals surface area contributed by atoms with E-state index in [1.807, 2.05) is 0 Å². The van der Waals surface area contributed by atoms with E-state index < -0.39 is 24.1 Å². The van der Waals surface area contributed by atoms with Gasteiger partial charge >= 0.3 is 28.6 Å². The zero-order valence-electron chi connectivity index (χ0n) is 7.78. The van der Waals surface area contributed by atoms with Crippen molar-refractivity contribution in [3.63, 3.8) is 0 Å². The number of hydrogen-bond acceptors (Lipinski definition) is 5. The minimum atomic E-state index is -1.23. The Morgan fingerprint density at radius 3 is 1.00 bits per heavy atom. The van der Waals surface area contributed by atoms with E-state index in [0.29, 0.717) is 0 Å². The van der Waals surface area contributed by atoms with Crippen molar-refractivity contribution in [2.45, 2.75) is 26.1 Å². The van der Waals surface area contributed by atoms with Gasteiger partial charge in [0.1, 0.15) is 12.2 Å². The van der Waals surface area contributed by atoms with Crippen LogP contribution >= 0.6 is 0 Å². The third-order valence-electron chi connectivity index (χ3n) is 0.715. The molecule has 0 bridgehead atoms. The van der Waals surface area contributed by atoms with E-state index in [1.54, 1.807) is 0 Å². The third kappa shape index (κ3) is 22.5. The predicted molar refractivity (Wildman–Crippen MR) is 46.6 cm³/mol. The third-order valence-corrected chi connectivity index (χ3v) is 0.715. The molecular weight excluding hydrogens is 211 g/mol.